The number of rotatable bonds is 26. The zero-order valence-corrected chi connectivity index (χ0v) is 31.8. The van der Waals surface area contributed by atoms with Crippen LogP contribution in [0.3, 0.4) is 0 Å². The van der Waals surface area contributed by atoms with Crippen molar-refractivity contribution in [2.24, 2.45) is 0 Å². The van der Waals surface area contributed by atoms with Gasteiger partial charge in [-0.25, -0.2) is 9.59 Å². The normalized spacial score (nSPS) is 13.8. The molecule has 16 nitrogen and oxygen atoms in total. The van der Waals surface area contributed by atoms with Crippen LogP contribution < -0.4 is 10.6 Å². The standard InChI is InChI=1S/C36H59N3O13/c1-35(2,3)50-32(45)14-10-8-7-9-13-28(41)37-21-23-49-25-24-48-22-11-12-26(40)15-17-29(42)38-27(34(47)51-36(4,5)6)16-20-33(46)52-39-30(43)18-19-31(39)44/h27H,7-25H2,1-6H3,(H,37,41)(H,38,42)/t27-/m0/s1. The number of ketones is 1. The van der Waals surface area contributed by atoms with Crippen LogP contribution in [0.5, 0.6) is 0 Å². The van der Waals surface area contributed by atoms with Gasteiger partial charge in [-0.1, -0.05) is 12.8 Å². The maximum atomic E-state index is 12.7. The van der Waals surface area contributed by atoms with Crippen LogP contribution in [0.15, 0.2) is 0 Å². The van der Waals surface area contributed by atoms with Gasteiger partial charge >= 0.3 is 17.9 Å². The monoisotopic (exact) mass is 741 g/mol. The Balaban J connectivity index is 2.15. The molecule has 0 radical (unpaired) electrons. The average molecular weight is 742 g/mol. The Morgan fingerprint density at radius 3 is 1.85 bits per heavy atom. The Kier molecular flexibility index (Phi) is 21.6. The molecular weight excluding hydrogens is 682 g/mol. The predicted octanol–water partition coefficient (Wildman–Crippen LogP) is 3.16. The Bertz CT molecular complexity index is 1190. The number of carbonyl (C=O) groups is 8. The van der Waals surface area contributed by atoms with E-state index in [0.717, 1.165) is 25.7 Å². The van der Waals surface area contributed by atoms with Gasteiger partial charge in [-0.05, 0) is 67.2 Å². The molecule has 2 N–H and O–H groups in total. The summed E-state index contributed by atoms with van der Waals surface area (Å²) < 4.78 is 21.5. The van der Waals surface area contributed by atoms with Crippen LogP contribution in [-0.2, 0) is 62.1 Å². The van der Waals surface area contributed by atoms with Gasteiger partial charge < -0.3 is 34.4 Å². The molecule has 1 rings (SSSR count). The van der Waals surface area contributed by atoms with Crippen molar-refractivity contribution in [3.63, 3.8) is 0 Å². The number of hydroxylamine groups is 2. The number of amides is 4. The molecule has 0 saturated carbocycles. The Hall–Kier alpha value is -3.92. The van der Waals surface area contributed by atoms with E-state index in [1.165, 1.54) is 0 Å². The van der Waals surface area contributed by atoms with E-state index in [-0.39, 0.29) is 62.6 Å². The number of ether oxygens (including phenoxy) is 4. The molecule has 296 valence electrons. The van der Waals surface area contributed by atoms with E-state index in [2.05, 4.69) is 10.6 Å². The summed E-state index contributed by atoms with van der Waals surface area (Å²) in [6.45, 7) is 12.1. The molecule has 1 aliphatic heterocycles. The lowest BCUT2D eigenvalue weighted by Crippen LogP contribution is -2.44. The minimum atomic E-state index is -1.22. The summed E-state index contributed by atoms with van der Waals surface area (Å²) in [6.07, 6.45) is 3.69. The van der Waals surface area contributed by atoms with Crippen LogP contribution >= 0.6 is 0 Å². The van der Waals surface area contributed by atoms with Crippen molar-refractivity contribution < 1.29 is 62.1 Å². The fourth-order valence-corrected chi connectivity index (χ4v) is 4.68. The SMILES string of the molecule is CC(C)(C)OC(=O)CCCCCCC(=O)NCCOCCOCCCC(=O)CCC(=O)N[C@@H](CCC(=O)ON1C(=O)CCC1=O)C(=O)OC(C)(C)C. The van der Waals surface area contributed by atoms with Gasteiger partial charge in [-0.15, -0.1) is 5.06 Å². The quantitative estimate of drug-likeness (QED) is 0.0743. The summed E-state index contributed by atoms with van der Waals surface area (Å²) in [4.78, 5) is 102. The van der Waals surface area contributed by atoms with E-state index < -0.39 is 46.9 Å². The first kappa shape index (κ1) is 46.1. The highest BCUT2D eigenvalue weighted by Crippen LogP contribution is 2.16. The lowest BCUT2D eigenvalue weighted by molar-refractivity contribution is -0.197. The van der Waals surface area contributed by atoms with E-state index in [9.17, 15) is 38.4 Å². The molecule has 52 heavy (non-hydrogen) atoms. The molecule has 1 heterocycles. The number of nitrogens with zero attached hydrogens (tertiary/aromatic N) is 1. The number of unbranched alkanes of at least 4 members (excludes halogenated alkanes) is 3. The molecule has 1 aliphatic rings. The summed E-state index contributed by atoms with van der Waals surface area (Å²) in [6, 6.07) is -1.22. The molecule has 0 unspecified atom stereocenters. The number of esters is 2. The second-order valence-corrected chi connectivity index (χ2v) is 14.5. The highest BCUT2D eigenvalue weighted by molar-refractivity contribution is 6.01. The van der Waals surface area contributed by atoms with Crippen molar-refractivity contribution in [3.05, 3.63) is 0 Å². The molecule has 0 aromatic heterocycles. The first-order valence-corrected chi connectivity index (χ1v) is 18.1. The van der Waals surface area contributed by atoms with Crippen LogP contribution in [0.4, 0.5) is 0 Å². The van der Waals surface area contributed by atoms with Crippen molar-refractivity contribution in [1.29, 1.82) is 0 Å². The van der Waals surface area contributed by atoms with E-state index in [0.29, 0.717) is 57.3 Å². The van der Waals surface area contributed by atoms with E-state index in [1.807, 2.05) is 20.8 Å². The van der Waals surface area contributed by atoms with Gasteiger partial charge in [0.15, 0.2) is 0 Å². The van der Waals surface area contributed by atoms with Crippen molar-refractivity contribution in [2.75, 3.05) is 33.0 Å². The van der Waals surface area contributed by atoms with E-state index in [4.69, 9.17) is 23.8 Å². The molecule has 0 aromatic rings. The largest absolute Gasteiger partial charge is 0.460 e. The number of hydrogen-bond donors (Lipinski definition) is 2. The predicted molar refractivity (Wildman–Crippen MR) is 186 cm³/mol. The number of nitrogens with one attached hydrogen (secondary N) is 2. The third kappa shape index (κ3) is 23.5. The molecule has 0 aromatic carbocycles. The molecule has 16 heteroatoms. The topological polar surface area (TPSA) is 210 Å². The van der Waals surface area contributed by atoms with Crippen LogP contribution in [0.25, 0.3) is 0 Å². The van der Waals surface area contributed by atoms with Gasteiger partial charge in [0.25, 0.3) is 11.8 Å². The second kappa shape index (κ2) is 24.3. The molecule has 1 fully saturated rings. The fourth-order valence-electron chi connectivity index (χ4n) is 4.68. The van der Waals surface area contributed by atoms with Crippen molar-refractivity contribution in [1.82, 2.24) is 15.7 Å². The first-order chi connectivity index (χ1) is 24.4. The lowest BCUT2D eigenvalue weighted by Gasteiger charge is -2.24. The first-order valence-electron chi connectivity index (χ1n) is 18.1. The van der Waals surface area contributed by atoms with Gasteiger partial charge in [0.1, 0.15) is 23.0 Å². The summed E-state index contributed by atoms with van der Waals surface area (Å²) in [5.74, 6) is -3.97. The van der Waals surface area contributed by atoms with Gasteiger partial charge in [-0.2, -0.15) is 0 Å². The fraction of sp³-hybridized carbons (Fsp3) is 0.778. The Morgan fingerprint density at radius 2 is 1.23 bits per heavy atom. The second-order valence-electron chi connectivity index (χ2n) is 14.5. The molecule has 0 bridgehead atoms. The smallest absolute Gasteiger partial charge is 0.333 e. The van der Waals surface area contributed by atoms with Crippen LogP contribution in [0.2, 0.25) is 0 Å². The van der Waals surface area contributed by atoms with E-state index >= 15 is 0 Å². The van der Waals surface area contributed by atoms with Gasteiger partial charge in [0.2, 0.25) is 11.8 Å². The zero-order chi connectivity index (χ0) is 39.2. The average Bonchev–Trinajstić information content (AvgIpc) is 3.34. The number of Topliss-reactive ketones (excluding diaryl/α,β-unsaturated/α-hetero) is 1. The molecule has 1 saturated heterocycles. The third-order valence-corrected chi connectivity index (χ3v) is 7.13. The van der Waals surface area contributed by atoms with Crippen molar-refractivity contribution in [2.45, 2.75) is 149 Å². The summed E-state index contributed by atoms with van der Waals surface area (Å²) in [5.41, 5.74) is -1.35. The van der Waals surface area contributed by atoms with E-state index in [1.54, 1.807) is 20.8 Å². The van der Waals surface area contributed by atoms with Crippen molar-refractivity contribution in [3.8, 4) is 0 Å². The summed E-state index contributed by atoms with van der Waals surface area (Å²) >= 11 is 0. The molecule has 0 aliphatic carbocycles. The highest BCUT2D eigenvalue weighted by atomic mass is 16.7. The minimum Gasteiger partial charge on any atom is -0.460 e. The van der Waals surface area contributed by atoms with Gasteiger partial charge in [0, 0.05) is 58.1 Å². The molecule has 1 atom stereocenters. The maximum absolute atomic E-state index is 12.7. The molecule has 0 spiro atoms. The highest BCUT2D eigenvalue weighted by Gasteiger charge is 2.34. The Labute approximate surface area is 306 Å². The number of carbonyl (C=O) groups excluding carboxylic acids is 8. The summed E-state index contributed by atoms with van der Waals surface area (Å²) in [5, 5.41) is 5.71. The van der Waals surface area contributed by atoms with Crippen LogP contribution in [-0.4, -0.2) is 103 Å². The lowest BCUT2D eigenvalue weighted by atomic mass is 10.1. The van der Waals surface area contributed by atoms with Crippen LogP contribution in [0.1, 0.15) is 131 Å². The minimum absolute atomic E-state index is 0.0498. The molecule has 4 amide bonds. The summed E-state index contributed by atoms with van der Waals surface area (Å²) in [7, 11) is 0. The maximum Gasteiger partial charge on any atom is 0.333 e. The molecular formula is C36H59N3O13. The number of imide groups is 1. The van der Waals surface area contributed by atoms with Crippen LogP contribution in [0, 0.1) is 0 Å². The van der Waals surface area contributed by atoms with Gasteiger partial charge in [0.05, 0.1) is 26.2 Å². The number of hydrogen-bond acceptors (Lipinski definition) is 13. The third-order valence-electron chi connectivity index (χ3n) is 7.13. The van der Waals surface area contributed by atoms with Gasteiger partial charge in [-0.3, -0.25) is 28.8 Å². The Morgan fingerprint density at radius 1 is 0.635 bits per heavy atom. The zero-order valence-electron chi connectivity index (χ0n) is 31.8. The van der Waals surface area contributed by atoms with Crippen molar-refractivity contribution >= 4 is 47.3 Å².